The molecule has 1 aromatic carbocycles. The van der Waals surface area contributed by atoms with Crippen molar-refractivity contribution in [1.29, 1.82) is 0 Å². The molecular formula is C14H24Br2N2O2. The van der Waals surface area contributed by atoms with Crippen LogP contribution in [0.15, 0.2) is 30.3 Å². The summed E-state index contributed by atoms with van der Waals surface area (Å²) < 4.78 is 6.02. The standard InChI is InChI=1S/C14H23N2O2.2BrH/c1-16(2,3)9-10-18-14(17)13(15)11-12-7-5-4-6-8-12;;/h4-8,13H,9-11,15H2,1-3H3;2*1H/q+1;;/p-1/t13-;;/m0../s1. The molecule has 1 rings (SSSR count). The molecule has 0 spiro atoms. The number of nitrogens with zero attached hydrogens (tertiary/aromatic N) is 1. The minimum Gasteiger partial charge on any atom is -1.00 e. The summed E-state index contributed by atoms with van der Waals surface area (Å²) in [4.78, 5) is 11.7. The highest BCUT2D eigenvalue weighted by Crippen LogP contribution is 2.02. The first-order valence-corrected chi connectivity index (χ1v) is 6.22. The highest BCUT2D eigenvalue weighted by molar-refractivity contribution is 5.74. The number of hydrogen-bond acceptors (Lipinski definition) is 2. The zero-order valence-electron chi connectivity index (χ0n) is 12.3. The number of esters is 1. The zero-order valence-corrected chi connectivity index (χ0v) is 15.5. The number of hydrogen-bond donors (Lipinski definition) is 1. The minimum atomic E-state index is -0.333. The topological polar surface area (TPSA) is 53.9 Å². The van der Waals surface area contributed by atoms with E-state index in [-0.39, 0.29) is 46.0 Å². The Labute approximate surface area is 142 Å². The monoisotopic (exact) mass is 410 g/mol. The molecule has 0 aliphatic carbocycles. The lowest BCUT2D eigenvalue weighted by Gasteiger charge is -2.23. The van der Waals surface area contributed by atoms with E-state index < -0.39 is 0 Å². The molecule has 0 fully saturated rings. The maximum atomic E-state index is 11.7. The number of rotatable bonds is 6. The van der Waals surface area contributed by atoms with Crippen LogP contribution in [0.1, 0.15) is 5.56 Å². The molecule has 1 aromatic rings. The first kappa shape index (κ1) is 21.9. The molecule has 0 heterocycles. The summed E-state index contributed by atoms with van der Waals surface area (Å²) >= 11 is 0. The van der Waals surface area contributed by atoms with Gasteiger partial charge in [0.1, 0.15) is 13.2 Å². The summed E-state index contributed by atoms with van der Waals surface area (Å²) in [5.41, 5.74) is 4.98. The number of quaternary nitrogens is 2. The highest BCUT2D eigenvalue weighted by Gasteiger charge is 2.20. The van der Waals surface area contributed by atoms with Crippen LogP contribution in [0.5, 0.6) is 0 Å². The number of halogens is 2. The second-order valence-electron chi connectivity index (χ2n) is 5.57. The molecule has 1 atom stereocenters. The van der Waals surface area contributed by atoms with Crippen LogP contribution in [0.2, 0.25) is 0 Å². The van der Waals surface area contributed by atoms with Gasteiger partial charge in [0.05, 0.1) is 21.1 Å². The van der Waals surface area contributed by atoms with Crippen LogP contribution < -0.4 is 39.7 Å². The average molecular weight is 412 g/mol. The molecule has 3 N–H and O–H groups in total. The molecule has 0 aliphatic heterocycles. The molecule has 0 saturated carbocycles. The van der Waals surface area contributed by atoms with E-state index in [0.717, 1.165) is 16.6 Å². The van der Waals surface area contributed by atoms with Crippen LogP contribution in [0.25, 0.3) is 0 Å². The Balaban J connectivity index is 0. The summed E-state index contributed by atoms with van der Waals surface area (Å²) in [6.45, 7) is 1.26. The molecule has 0 aliphatic rings. The van der Waals surface area contributed by atoms with Crippen molar-refractivity contribution < 1.29 is 53.7 Å². The quantitative estimate of drug-likeness (QED) is 0.374. The predicted molar refractivity (Wildman–Crippen MR) is 70.7 cm³/mol. The fourth-order valence-corrected chi connectivity index (χ4v) is 1.52. The van der Waals surface area contributed by atoms with Crippen LogP contribution in [-0.4, -0.2) is 50.8 Å². The normalized spacial score (nSPS) is 11.8. The van der Waals surface area contributed by atoms with Gasteiger partial charge in [0, 0.05) is 6.42 Å². The molecule has 116 valence electrons. The third kappa shape index (κ3) is 9.47. The first-order valence-electron chi connectivity index (χ1n) is 6.22. The van der Waals surface area contributed by atoms with Gasteiger partial charge in [-0.2, -0.15) is 0 Å². The number of carbonyl (C=O) groups is 1. The summed E-state index contributed by atoms with van der Waals surface area (Å²) in [5.74, 6) is -0.215. The third-order valence-corrected chi connectivity index (χ3v) is 2.66. The Bertz CT molecular complexity index is 381. The van der Waals surface area contributed by atoms with Crippen molar-refractivity contribution in [1.82, 2.24) is 0 Å². The van der Waals surface area contributed by atoms with Gasteiger partial charge in [-0.3, -0.25) is 0 Å². The van der Waals surface area contributed by atoms with Gasteiger partial charge in [0.25, 0.3) is 0 Å². The Kier molecular flexibility index (Phi) is 11.3. The third-order valence-electron chi connectivity index (χ3n) is 2.66. The van der Waals surface area contributed by atoms with Gasteiger partial charge in [0.2, 0.25) is 0 Å². The minimum absolute atomic E-state index is 0. The largest absolute Gasteiger partial charge is 1.00 e. The van der Waals surface area contributed by atoms with Gasteiger partial charge >= 0.3 is 5.97 Å². The summed E-state index contributed by atoms with van der Waals surface area (Å²) in [5, 5.41) is 0. The number of carbonyl (C=O) groups excluding carboxylic acids is 1. The molecule has 0 radical (unpaired) electrons. The van der Waals surface area contributed by atoms with Crippen LogP contribution in [0.3, 0.4) is 0 Å². The number of benzene rings is 1. The fraction of sp³-hybridized carbons (Fsp3) is 0.500. The second-order valence-corrected chi connectivity index (χ2v) is 5.57. The van der Waals surface area contributed by atoms with Crippen molar-refractivity contribution in [3.63, 3.8) is 0 Å². The van der Waals surface area contributed by atoms with E-state index in [1.807, 2.05) is 30.3 Å². The van der Waals surface area contributed by atoms with Crippen LogP contribution in [-0.2, 0) is 16.0 Å². The summed E-state index contributed by atoms with van der Waals surface area (Å²) in [6.07, 6.45) is 0.629. The Morgan fingerprint density at radius 2 is 1.75 bits per heavy atom. The van der Waals surface area contributed by atoms with Crippen LogP contribution >= 0.6 is 0 Å². The smallest absolute Gasteiger partial charge is 0.365 e. The van der Waals surface area contributed by atoms with E-state index in [1.165, 1.54) is 0 Å². The average Bonchev–Trinajstić information content (AvgIpc) is 2.28. The van der Waals surface area contributed by atoms with E-state index in [9.17, 15) is 4.79 Å². The van der Waals surface area contributed by atoms with Gasteiger partial charge in [-0.05, 0) is 5.56 Å². The second kappa shape index (κ2) is 10.3. The van der Waals surface area contributed by atoms with Crippen molar-refractivity contribution in [2.24, 2.45) is 0 Å². The molecule has 0 bridgehead atoms. The van der Waals surface area contributed by atoms with Gasteiger partial charge in [-0.25, -0.2) is 4.79 Å². The lowest BCUT2D eigenvalue weighted by atomic mass is 10.1. The Hall–Kier alpha value is -0.430. The molecule has 6 heteroatoms. The van der Waals surface area contributed by atoms with Gasteiger partial charge in [-0.15, -0.1) is 0 Å². The van der Waals surface area contributed by atoms with Gasteiger partial charge < -0.3 is 48.9 Å². The van der Waals surface area contributed by atoms with Crippen molar-refractivity contribution in [2.45, 2.75) is 12.5 Å². The lowest BCUT2D eigenvalue weighted by molar-refractivity contribution is -0.870. The van der Waals surface area contributed by atoms with Crippen LogP contribution in [0, 0.1) is 0 Å². The van der Waals surface area contributed by atoms with E-state index in [2.05, 4.69) is 26.9 Å². The van der Waals surface area contributed by atoms with E-state index in [4.69, 9.17) is 4.74 Å². The first-order chi connectivity index (χ1) is 8.38. The van der Waals surface area contributed by atoms with E-state index >= 15 is 0 Å². The van der Waals surface area contributed by atoms with Crippen molar-refractivity contribution in [3.8, 4) is 0 Å². The molecule has 4 nitrogen and oxygen atoms in total. The van der Waals surface area contributed by atoms with E-state index in [0.29, 0.717) is 13.0 Å². The van der Waals surface area contributed by atoms with Crippen molar-refractivity contribution >= 4 is 5.97 Å². The summed E-state index contributed by atoms with van der Waals surface area (Å²) in [7, 11) is 6.21. The van der Waals surface area contributed by atoms with Gasteiger partial charge in [0.15, 0.2) is 6.04 Å². The van der Waals surface area contributed by atoms with Gasteiger partial charge in [-0.1, -0.05) is 30.3 Å². The number of likely N-dealkylation sites (N-methyl/N-ethyl adjacent to an activating group) is 1. The zero-order chi connectivity index (χ0) is 13.6. The molecule has 0 aromatic heterocycles. The molecular weight excluding hydrogens is 388 g/mol. The maximum absolute atomic E-state index is 11.7. The van der Waals surface area contributed by atoms with Crippen LogP contribution in [0.4, 0.5) is 0 Å². The maximum Gasteiger partial charge on any atom is 0.365 e. The Morgan fingerprint density at radius 3 is 2.25 bits per heavy atom. The van der Waals surface area contributed by atoms with E-state index in [1.54, 1.807) is 0 Å². The Morgan fingerprint density at radius 1 is 1.20 bits per heavy atom. The molecule has 20 heavy (non-hydrogen) atoms. The fourth-order valence-electron chi connectivity index (χ4n) is 1.52. The van der Waals surface area contributed by atoms with Crippen molar-refractivity contribution in [3.05, 3.63) is 35.9 Å². The number of ether oxygens (including phenoxy) is 1. The highest BCUT2D eigenvalue weighted by atomic mass is 79.9. The predicted octanol–water partition coefficient (Wildman–Crippen LogP) is -5.90. The summed E-state index contributed by atoms with van der Waals surface area (Å²) in [6, 6.07) is 9.55. The lowest BCUT2D eigenvalue weighted by Crippen LogP contribution is -3.00. The SMILES string of the molecule is C[N+](C)(C)CCOC(=O)[C@@H]([NH3+])Cc1ccccc1.[Br-].[Br-]. The molecule has 0 unspecified atom stereocenters. The van der Waals surface area contributed by atoms with Crippen molar-refractivity contribution in [2.75, 3.05) is 34.3 Å². The molecule has 0 amide bonds. The molecule has 0 saturated heterocycles.